The Hall–Kier alpha value is 0.170. The van der Waals surface area contributed by atoms with Crippen molar-refractivity contribution in [3.8, 4) is 0 Å². The van der Waals surface area contributed by atoms with Crippen molar-refractivity contribution in [3.05, 3.63) is 9.47 Å². The van der Waals surface area contributed by atoms with Crippen LogP contribution in [0.15, 0.2) is 9.47 Å². The molecule has 0 aliphatic rings. The van der Waals surface area contributed by atoms with Crippen LogP contribution in [0.4, 0.5) is 0 Å². The molecule has 0 aromatic rings. The van der Waals surface area contributed by atoms with Crippen LogP contribution in [0.25, 0.3) is 0 Å². The fraction of sp³-hybridized carbons (Fsp3) is 0.500. The molecule has 0 fully saturated rings. The molecule has 2 nitrogen and oxygen atoms in total. The number of likely N-dealkylation sites (N-methyl/N-ethyl adjacent to an activating group) is 1. The Kier molecular flexibility index (Phi) is 4.99. The van der Waals surface area contributed by atoms with Crippen molar-refractivity contribution in [1.82, 2.24) is 4.90 Å². The molecule has 0 aliphatic carbocycles. The van der Waals surface area contributed by atoms with E-state index >= 15 is 0 Å². The second-order valence-corrected chi connectivity index (χ2v) is 4.67. The maximum absolute atomic E-state index is 10.6. The number of carbonyl (C=O) groups is 1. The zero-order chi connectivity index (χ0) is 8.15. The normalized spacial score (nSPS) is 8.80. The minimum Gasteiger partial charge on any atom is -0.342 e. The van der Waals surface area contributed by atoms with Gasteiger partial charge in [-0.2, -0.15) is 0 Å². The lowest BCUT2D eigenvalue weighted by Crippen LogP contribution is -2.23. The number of carbonyl (C=O) groups excluding carboxylic acids is 1. The maximum Gasteiger partial charge on any atom is 0.219 e. The van der Waals surface area contributed by atoms with Crippen LogP contribution in [0.2, 0.25) is 0 Å². The summed E-state index contributed by atoms with van der Waals surface area (Å²) in [6.07, 6.45) is 1.86. The molecule has 0 aromatic heterocycles. The van der Waals surface area contributed by atoms with Gasteiger partial charge in [-0.25, -0.2) is 0 Å². The first kappa shape index (κ1) is 10.2. The molecule has 0 aromatic carbocycles. The molecule has 0 N–H and O–H groups in total. The zero-order valence-corrected chi connectivity index (χ0v) is 9.07. The molecule has 0 unspecified atom stereocenters. The molecular weight excluding hydrogens is 262 g/mol. The van der Waals surface area contributed by atoms with Crippen molar-refractivity contribution in [2.24, 2.45) is 0 Å². The van der Waals surface area contributed by atoms with Crippen molar-refractivity contribution < 1.29 is 4.79 Å². The van der Waals surface area contributed by atoms with E-state index in [2.05, 4.69) is 31.9 Å². The van der Waals surface area contributed by atoms with E-state index in [-0.39, 0.29) is 5.91 Å². The zero-order valence-electron chi connectivity index (χ0n) is 5.90. The molecule has 4 heteroatoms. The number of nitrogens with zero attached hydrogens (tertiary/aromatic N) is 1. The molecule has 0 saturated carbocycles. The monoisotopic (exact) mass is 269 g/mol. The van der Waals surface area contributed by atoms with E-state index in [9.17, 15) is 4.79 Å². The predicted molar refractivity (Wildman–Crippen MR) is 49.2 cm³/mol. The van der Waals surface area contributed by atoms with Gasteiger partial charge in [0.1, 0.15) is 0 Å². The molecule has 0 radical (unpaired) electrons. The van der Waals surface area contributed by atoms with Crippen molar-refractivity contribution in [2.75, 3.05) is 13.6 Å². The van der Waals surface area contributed by atoms with Gasteiger partial charge < -0.3 is 4.90 Å². The minimum absolute atomic E-state index is 0.0671. The summed E-state index contributed by atoms with van der Waals surface area (Å²) in [5.74, 6) is 0.0671. The summed E-state index contributed by atoms with van der Waals surface area (Å²) in [7, 11) is 1.75. The summed E-state index contributed by atoms with van der Waals surface area (Å²) in [5.41, 5.74) is 0. The van der Waals surface area contributed by atoms with E-state index in [0.29, 0.717) is 6.54 Å². The van der Waals surface area contributed by atoms with Crippen LogP contribution in [0.3, 0.4) is 0 Å². The van der Waals surface area contributed by atoms with Gasteiger partial charge in [0.25, 0.3) is 0 Å². The second-order valence-electron chi connectivity index (χ2n) is 1.89. The SMILES string of the molecule is CC(=O)N(C)CC=C(Br)Br. The lowest BCUT2D eigenvalue weighted by Gasteiger charge is -2.10. The van der Waals surface area contributed by atoms with E-state index in [4.69, 9.17) is 0 Å². The van der Waals surface area contributed by atoms with Gasteiger partial charge >= 0.3 is 0 Å². The molecule has 1 amide bonds. The van der Waals surface area contributed by atoms with Crippen molar-refractivity contribution in [3.63, 3.8) is 0 Å². The van der Waals surface area contributed by atoms with Crippen LogP contribution in [0.5, 0.6) is 0 Å². The summed E-state index contributed by atoms with van der Waals surface area (Å²) in [4.78, 5) is 12.2. The summed E-state index contributed by atoms with van der Waals surface area (Å²) in [6.45, 7) is 2.16. The first-order valence-corrected chi connectivity index (χ1v) is 4.35. The van der Waals surface area contributed by atoms with E-state index in [0.717, 1.165) is 3.39 Å². The average Bonchev–Trinajstić information content (AvgIpc) is 1.82. The molecule has 0 saturated heterocycles. The van der Waals surface area contributed by atoms with Crippen LogP contribution in [0, 0.1) is 0 Å². The Morgan fingerprint density at radius 2 is 2.10 bits per heavy atom. The van der Waals surface area contributed by atoms with Gasteiger partial charge in [0, 0.05) is 20.5 Å². The van der Waals surface area contributed by atoms with Gasteiger partial charge in [-0.3, -0.25) is 4.79 Å². The first-order chi connectivity index (χ1) is 4.54. The van der Waals surface area contributed by atoms with Gasteiger partial charge in [-0.1, -0.05) is 0 Å². The lowest BCUT2D eigenvalue weighted by atomic mass is 10.5. The molecule has 0 aliphatic heterocycles. The van der Waals surface area contributed by atoms with Crippen molar-refractivity contribution in [1.29, 1.82) is 0 Å². The Bertz CT molecular complexity index is 152. The first-order valence-electron chi connectivity index (χ1n) is 2.77. The van der Waals surface area contributed by atoms with Gasteiger partial charge in [-0.05, 0) is 37.9 Å². The Morgan fingerprint density at radius 1 is 1.60 bits per heavy atom. The highest BCUT2D eigenvalue weighted by atomic mass is 79.9. The second kappa shape index (κ2) is 4.91. The van der Waals surface area contributed by atoms with Gasteiger partial charge in [-0.15, -0.1) is 0 Å². The largest absolute Gasteiger partial charge is 0.342 e. The minimum atomic E-state index is 0.0671. The predicted octanol–water partition coefficient (Wildman–Crippen LogP) is 2.10. The van der Waals surface area contributed by atoms with E-state index in [1.165, 1.54) is 6.92 Å². The van der Waals surface area contributed by atoms with Crippen molar-refractivity contribution in [2.45, 2.75) is 6.92 Å². The lowest BCUT2D eigenvalue weighted by molar-refractivity contribution is -0.127. The molecule has 58 valence electrons. The maximum atomic E-state index is 10.6. The number of amides is 1. The molecule has 0 bridgehead atoms. The third-order valence-corrected chi connectivity index (χ3v) is 1.70. The summed E-state index contributed by atoms with van der Waals surface area (Å²) < 4.78 is 0.869. The summed E-state index contributed by atoms with van der Waals surface area (Å²) in [5, 5.41) is 0. The third kappa shape index (κ3) is 4.99. The van der Waals surface area contributed by atoms with Crippen LogP contribution < -0.4 is 0 Å². The third-order valence-electron chi connectivity index (χ3n) is 1.06. The van der Waals surface area contributed by atoms with E-state index in [1.54, 1.807) is 11.9 Å². The molecule has 10 heavy (non-hydrogen) atoms. The average molecular weight is 271 g/mol. The Balaban J connectivity index is 3.70. The van der Waals surface area contributed by atoms with Crippen molar-refractivity contribution >= 4 is 37.8 Å². The Morgan fingerprint density at radius 3 is 2.40 bits per heavy atom. The summed E-state index contributed by atoms with van der Waals surface area (Å²) >= 11 is 6.38. The number of hydrogen-bond acceptors (Lipinski definition) is 1. The van der Waals surface area contributed by atoms with Crippen LogP contribution in [0.1, 0.15) is 6.92 Å². The van der Waals surface area contributed by atoms with Gasteiger partial charge in [0.05, 0.1) is 3.39 Å². The summed E-state index contributed by atoms with van der Waals surface area (Å²) in [6, 6.07) is 0. The standard InChI is InChI=1S/C6H9Br2NO/c1-5(10)9(2)4-3-6(7)8/h3H,4H2,1-2H3. The van der Waals surface area contributed by atoms with Gasteiger partial charge in [0.15, 0.2) is 0 Å². The Labute approximate surface area is 77.5 Å². The van der Waals surface area contributed by atoms with Crippen LogP contribution in [-0.2, 0) is 4.79 Å². The quantitative estimate of drug-likeness (QED) is 0.753. The molecular formula is C6H9Br2NO. The number of halogens is 2. The highest BCUT2D eigenvalue weighted by Gasteiger charge is 1.97. The van der Waals surface area contributed by atoms with Gasteiger partial charge in [0.2, 0.25) is 5.91 Å². The highest BCUT2D eigenvalue weighted by Crippen LogP contribution is 2.11. The topological polar surface area (TPSA) is 20.3 Å². The highest BCUT2D eigenvalue weighted by molar-refractivity contribution is 9.28. The van der Waals surface area contributed by atoms with Crippen LogP contribution >= 0.6 is 31.9 Å². The molecule has 0 heterocycles. The van der Waals surface area contributed by atoms with Crippen LogP contribution in [-0.4, -0.2) is 24.4 Å². The molecule has 0 spiro atoms. The molecule has 0 rings (SSSR count). The fourth-order valence-electron chi connectivity index (χ4n) is 0.334. The fourth-order valence-corrected chi connectivity index (χ4v) is 0.624. The molecule has 0 atom stereocenters. The smallest absolute Gasteiger partial charge is 0.219 e. The number of rotatable bonds is 2. The van der Waals surface area contributed by atoms with E-state index < -0.39 is 0 Å². The number of hydrogen-bond donors (Lipinski definition) is 0. The van der Waals surface area contributed by atoms with E-state index in [1.807, 2.05) is 6.08 Å².